The second-order valence-corrected chi connectivity index (χ2v) is 4.58. The number of rotatable bonds is 4. The lowest BCUT2D eigenvalue weighted by molar-refractivity contribution is 0.624. The first-order chi connectivity index (χ1) is 8.72. The first kappa shape index (κ1) is 12.8. The van der Waals surface area contributed by atoms with Crippen LogP contribution in [-0.4, -0.2) is 11.5 Å². The number of aryl methyl sites for hydroxylation is 2. The van der Waals surface area contributed by atoms with Crippen molar-refractivity contribution < 1.29 is 0 Å². The fraction of sp³-hybridized carbons (Fsp3) is 0.312. The molecule has 0 spiro atoms. The van der Waals surface area contributed by atoms with Crippen molar-refractivity contribution in [2.24, 2.45) is 0 Å². The molecular weight excluding hydrogens is 220 g/mol. The summed E-state index contributed by atoms with van der Waals surface area (Å²) >= 11 is 0. The van der Waals surface area contributed by atoms with Gasteiger partial charge in [0.1, 0.15) is 0 Å². The molecule has 1 unspecified atom stereocenters. The molecule has 0 saturated carbocycles. The number of aromatic nitrogens is 1. The zero-order chi connectivity index (χ0) is 13.0. The molecule has 0 aliphatic heterocycles. The lowest BCUT2D eigenvalue weighted by atomic mass is 9.96. The van der Waals surface area contributed by atoms with Gasteiger partial charge in [-0.15, -0.1) is 0 Å². The average molecular weight is 240 g/mol. The Morgan fingerprint density at radius 2 is 2.00 bits per heavy atom. The summed E-state index contributed by atoms with van der Waals surface area (Å²) in [6, 6.07) is 13.0. The van der Waals surface area contributed by atoms with Crippen LogP contribution in [0, 0.1) is 13.8 Å². The maximum absolute atomic E-state index is 4.39. The highest BCUT2D eigenvalue weighted by Gasteiger charge is 2.15. The van der Waals surface area contributed by atoms with Crippen LogP contribution in [-0.2, 0) is 0 Å². The summed E-state index contributed by atoms with van der Waals surface area (Å²) in [4.78, 5) is 4.39. The molecule has 0 fully saturated rings. The van der Waals surface area contributed by atoms with E-state index in [1.165, 1.54) is 16.7 Å². The van der Waals surface area contributed by atoms with E-state index in [4.69, 9.17) is 0 Å². The Hall–Kier alpha value is -1.67. The largest absolute Gasteiger partial charge is 0.306 e. The first-order valence-corrected chi connectivity index (χ1v) is 6.44. The Balaban J connectivity index is 2.43. The molecule has 1 atom stereocenters. The lowest BCUT2D eigenvalue weighted by Crippen LogP contribution is -2.23. The molecule has 0 aliphatic carbocycles. The molecule has 0 amide bonds. The van der Waals surface area contributed by atoms with Gasteiger partial charge in [-0.1, -0.05) is 42.8 Å². The van der Waals surface area contributed by atoms with Gasteiger partial charge in [-0.25, -0.2) is 0 Å². The topological polar surface area (TPSA) is 24.9 Å². The summed E-state index contributed by atoms with van der Waals surface area (Å²) in [5.74, 6) is 0. The molecule has 0 radical (unpaired) electrons. The molecule has 0 aliphatic rings. The minimum Gasteiger partial charge on any atom is -0.306 e. The summed E-state index contributed by atoms with van der Waals surface area (Å²) in [5.41, 5.74) is 4.93. The minimum atomic E-state index is 0.226. The van der Waals surface area contributed by atoms with E-state index in [-0.39, 0.29) is 6.04 Å². The highest BCUT2D eigenvalue weighted by atomic mass is 14.9. The normalized spacial score (nSPS) is 12.4. The molecule has 0 bridgehead atoms. The van der Waals surface area contributed by atoms with Crippen LogP contribution in [0.2, 0.25) is 0 Å². The SMILES string of the molecule is CCNC(c1cccc(C)c1)c1cccnc1C. The van der Waals surface area contributed by atoms with E-state index in [0.717, 1.165) is 12.2 Å². The molecule has 1 heterocycles. The van der Waals surface area contributed by atoms with Crippen molar-refractivity contribution in [1.82, 2.24) is 10.3 Å². The maximum Gasteiger partial charge on any atom is 0.0594 e. The molecular formula is C16H20N2. The quantitative estimate of drug-likeness (QED) is 0.886. The van der Waals surface area contributed by atoms with Crippen molar-refractivity contribution in [2.75, 3.05) is 6.54 Å². The van der Waals surface area contributed by atoms with Crippen LogP contribution in [0.1, 0.15) is 35.3 Å². The summed E-state index contributed by atoms with van der Waals surface area (Å²) in [6.07, 6.45) is 1.85. The van der Waals surface area contributed by atoms with Crippen LogP contribution >= 0.6 is 0 Å². The van der Waals surface area contributed by atoms with Crippen LogP contribution in [0.25, 0.3) is 0 Å². The van der Waals surface area contributed by atoms with E-state index in [0.29, 0.717) is 0 Å². The van der Waals surface area contributed by atoms with Crippen molar-refractivity contribution in [1.29, 1.82) is 0 Å². The highest BCUT2D eigenvalue weighted by molar-refractivity contribution is 5.35. The van der Waals surface area contributed by atoms with Crippen LogP contribution in [0.5, 0.6) is 0 Å². The lowest BCUT2D eigenvalue weighted by Gasteiger charge is -2.20. The van der Waals surface area contributed by atoms with Gasteiger partial charge >= 0.3 is 0 Å². The molecule has 0 saturated heterocycles. The minimum absolute atomic E-state index is 0.226. The van der Waals surface area contributed by atoms with Crippen molar-refractivity contribution in [3.05, 3.63) is 65.0 Å². The van der Waals surface area contributed by atoms with E-state index in [1.54, 1.807) is 0 Å². The summed E-state index contributed by atoms with van der Waals surface area (Å²) < 4.78 is 0. The highest BCUT2D eigenvalue weighted by Crippen LogP contribution is 2.24. The van der Waals surface area contributed by atoms with Gasteiger partial charge < -0.3 is 5.32 Å². The summed E-state index contributed by atoms with van der Waals surface area (Å²) in [5, 5.41) is 3.54. The predicted octanol–water partition coefficient (Wildman–Crippen LogP) is 3.40. The third-order valence-electron chi connectivity index (χ3n) is 3.14. The van der Waals surface area contributed by atoms with Crippen molar-refractivity contribution in [3.63, 3.8) is 0 Å². The van der Waals surface area contributed by atoms with Gasteiger partial charge in [0.05, 0.1) is 6.04 Å². The number of benzene rings is 1. The standard InChI is InChI=1S/C16H20N2/c1-4-17-16(14-8-5-7-12(2)11-14)15-9-6-10-18-13(15)3/h5-11,16-17H,4H2,1-3H3. The van der Waals surface area contributed by atoms with E-state index >= 15 is 0 Å². The molecule has 1 aromatic heterocycles. The average Bonchev–Trinajstić information content (AvgIpc) is 2.37. The third kappa shape index (κ3) is 2.77. The Kier molecular flexibility index (Phi) is 4.11. The van der Waals surface area contributed by atoms with Gasteiger partial charge in [-0.2, -0.15) is 0 Å². The van der Waals surface area contributed by atoms with E-state index in [2.05, 4.69) is 61.4 Å². The number of nitrogens with one attached hydrogen (secondary N) is 1. The summed E-state index contributed by atoms with van der Waals surface area (Å²) in [6.45, 7) is 7.26. The zero-order valence-corrected chi connectivity index (χ0v) is 11.3. The summed E-state index contributed by atoms with van der Waals surface area (Å²) in [7, 11) is 0. The van der Waals surface area contributed by atoms with Gasteiger partial charge in [0.15, 0.2) is 0 Å². The Morgan fingerprint density at radius 1 is 1.17 bits per heavy atom. The zero-order valence-electron chi connectivity index (χ0n) is 11.3. The fourth-order valence-electron chi connectivity index (χ4n) is 2.26. The molecule has 1 N–H and O–H groups in total. The molecule has 1 aromatic carbocycles. The molecule has 94 valence electrons. The number of nitrogens with zero attached hydrogens (tertiary/aromatic N) is 1. The molecule has 2 nitrogen and oxygen atoms in total. The Bertz CT molecular complexity index is 520. The Morgan fingerprint density at radius 3 is 2.67 bits per heavy atom. The second-order valence-electron chi connectivity index (χ2n) is 4.58. The van der Waals surface area contributed by atoms with Crippen LogP contribution < -0.4 is 5.32 Å². The molecule has 2 heteroatoms. The third-order valence-corrected chi connectivity index (χ3v) is 3.14. The Labute approximate surface area is 109 Å². The van der Waals surface area contributed by atoms with Gasteiger partial charge in [0.25, 0.3) is 0 Å². The van der Waals surface area contributed by atoms with Gasteiger partial charge in [-0.3, -0.25) is 4.98 Å². The predicted molar refractivity (Wildman–Crippen MR) is 75.7 cm³/mol. The van der Waals surface area contributed by atoms with Gasteiger partial charge in [-0.05, 0) is 37.6 Å². The smallest absolute Gasteiger partial charge is 0.0594 e. The number of pyridine rings is 1. The number of hydrogen-bond donors (Lipinski definition) is 1. The van der Waals surface area contributed by atoms with Gasteiger partial charge in [0.2, 0.25) is 0 Å². The first-order valence-electron chi connectivity index (χ1n) is 6.44. The van der Waals surface area contributed by atoms with Crippen LogP contribution in [0.4, 0.5) is 0 Å². The van der Waals surface area contributed by atoms with Crippen LogP contribution in [0.3, 0.4) is 0 Å². The molecule has 18 heavy (non-hydrogen) atoms. The molecule has 2 aromatic rings. The van der Waals surface area contributed by atoms with Crippen molar-refractivity contribution in [3.8, 4) is 0 Å². The van der Waals surface area contributed by atoms with E-state index in [1.807, 2.05) is 12.3 Å². The maximum atomic E-state index is 4.39. The van der Waals surface area contributed by atoms with Crippen LogP contribution in [0.15, 0.2) is 42.6 Å². The monoisotopic (exact) mass is 240 g/mol. The fourth-order valence-corrected chi connectivity index (χ4v) is 2.26. The van der Waals surface area contributed by atoms with Crippen molar-refractivity contribution in [2.45, 2.75) is 26.8 Å². The van der Waals surface area contributed by atoms with E-state index < -0.39 is 0 Å². The van der Waals surface area contributed by atoms with Crippen molar-refractivity contribution >= 4 is 0 Å². The second kappa shape index (κ2) is 5.78. The number of hydrogen-bond acceptors (Lipinski definition) is 2. The van der Waals surface area contributed by atoms with Gasteiger partial charge in [0, 0.05) is 11.9 Å². The van der Waals surface area contributed by atoms with E-state index in [9.17, 15) is 0 Å². The molecule has 2 rings (SSSR count).